The normalized spacial score (nSPS) is 9.06. The highest BCUT2D eigenvalue weighted by Crippen LogP contribution is 2.19. The van der Waals surface area contributed by atoms with Crippen LogP contribution in [0, 0.1) is 0 Å². The highest BCUT2D eigenvalue weighted by Gasteiger charge is 1.98. The van der Waals surface area contributed by atoms with Crippen LogP contribution in [0.1, 0.15) is 31.7 Å². The van der Waals surface area contributed by atoms with Crippen LogP contribution < -0.4 is 4.74 Å². The lowest BCUT2D eigenvalue weighted by Crippen LogP contribution is -1.98. The Labute approximate surface area is 96.2 Å². The molecule has 0 bridgehead atoms. The number of ether oxygens (including phenoxy) is 1. The van der Waals surface area contributed by atoms with Crippen molar-refractivity contribution in [1.29, 1.82) is 0 Å². The first-order chi connectivity index (χ1) is 7.88. The van der Waals surface area contributed by atoms with Gasteiger partial charge in [0.2, 0.25) is 0 Å². The van der Waals surface area contributed by atoms with Crippen molar-refractivity contribution in [3.05, 3.63) is 35.6 Å². The van der Waals surface area contributed by atoms with Gasteiger partial charge in [0.1, 0.15) is 5.75 Å². The second kappa shape index (κ2) is 7.53. The Hall–Kier alpha value is -1.75. The van der Waals surface area contributed by atoms with Crippen LogP contribution in [0.2, 0.25) is 0 Å². The molecule has 0 N–H and O–H groups in total. The summed E-state index contributed by atoms with van der Waals surface area (Å²) in [4.78, 5) is 10.1. The van der Waals surface area contributed by atoms with Crippen LogP contribution in [-0.2, 0) is 4.79 Å². The number of rotatable bonds is 6. The van der Waals surface area contributed by atoms with Crippen LogP contribution in [0.15, 0.2) is 30.0 Å². The van der Waals surface area contributed by atoms with Gasteiger partial charge in [-0.1, -0.05) is 38.0 Å². The fourth-order valence-electron chi connectivity index (χ4n) is 1.37. The zero-order valence-electron chi connectivity index (χ0n) is 9.53. The molecule has 2 heteroatoms. The third-order valence-corrected chi connectivity index (χ3v) is 2.21. The lowest BCUT2D eigenvalue weighted by molar-refractivity contribution is 0.305. The molecule has 1 aromatic carbocycles. The van der Waals surface area contributed by atoms with E-state index in [0.717, 1.165) is 17.7 Å². The van der Waals surface area contributed by atoms with Crippen LogP contribution in [0.4, 0.5) is 0 Å². The summed E-state index contributed by atoms with van der Waals surface area (Å²) < 4.78 is 5.64. The van der Waals surface area contributed by atoms with Crippen LogP contribution in [0.5, 0.6) is 5.75 Å². The molecule has 0 saturated heterocycles. The number of carbonyl (C=O) groups excluding carboxylic acids is 1. The first-order valence-electron chi connectivity index (χ1n) is 5.56. The summed E-state index contributed by atoms with van der Waals surface area (Å²) in [6, 6.07) is 7.60. The quantitative estimate of drug-likeness (QED) is 0.414. The smallest absolute Gasteiger partial charge is 0.177 e. The third-order valence-electron chi connectivity index (χ3n) is 2.21. The monoisotopic (exact) mass is 216 g/mol. The van der Waals surface area contributed by atoms with Gasteiger partial charge in [0.05, 0.1) is 6.61 Å². The van der Waals surface area contributed by atoms with Crippen molar-refractivity contribution in [1.82, 2.24) is 0 Å². The average molecular weight is 216 g/mol. The van der Waals surface area contributed by atoms with E-state index in [2.05, 4.69) is 12.7 Å². The highest BCUT2D eigenvalue weighted by molar-refractivity contribution is 5.62. The van der Waals surface area contributed by atoms with Gasteiger partial charge in [0, 0.05) is 11.6 Å². The van der Waals surface area contributed by atoms with Crippen molar-refractivity contribution < 1.29 is 9.53 Å². The van der Waals surface area contributed by atoms with Crippen molar-refractivity contribution >= 4 is 12.0 Å². The van der Waals surface area contributed by atoms with Gasteiger partial charge in [-0.3, -0.25) is 0 Å². The van der Waals surface area contributed by atoms with Crippen LogP contribution in [-0.4, -0.2) is 12.5 Å². The summed E-state index contributed by atoms with van der Waals surface area (Å²) >= 11 is 0. The molecule has 0 unspecified atom stereocenters. The molecule has 0 radical (unpaired) electrons. The van der Waals surface area contributed by atoms with E-state index >= 15 is 0 Å². The lowest BCUT2D eigenvalue weighted by atomic mass is 10.2. The van der Waals surface area contributed by atoms with E-state index in [4.69, 9.17) is 4.74 Å². The summed E-state index contributed by atoms with van der Waals surface area (Å²) in [5.41, 5.74) is 3.26. The van der Waals surface area contributed by atoms with Crippen LogP contribution in [0.3, 0.4) is 0 Å². The molecule has 0 spiro atoms. The first kappa shape index (κ1) is 12.3. The molecule has 2 nitrogen and oxygen atoms in total. The van der Waals surface area contributed by atoms with Crippen molar-refractivity contribution in [2.45, 2.75) is 26.2 Å². The van der Waals surface area contributed by atoms with Gasteiger partial charge in [0.15, 0.2) is 5.94 Å². The fraction of sp³-hybridized carbons (Fsp3) is 0.357. The van der Waals surface area contributed by atoms with Crippen molar-refractivity contribution in [3.8, 4) is 5.75 Å². The van der Waals surface area contributed by atoms with Gasteiger partial charge in [-0.15, -0.1) is 0 Å². The molecule has 0 atom stereocenters. The maximum Gasteiger partial charge on any atom is 0.177 e. The standard InChI is InChI=1S/C14H16O2/c1-2-3-6-12-16-14-10-5-4-8-13(14)9-7-11-15/h4-5,8-10H,2-3,6,12H2,1H3. The van der Waals surface area contributed by atoms with Crippen molar-refractivity contribution in [2.24, 2.45) is 0 Å². The molecule has 0 fully saturated rings. The molecular weight excluding hydrogens is 200 g/mol. The van der Waals surface area contributed by atoms with Crippen molar-refractivity contribution in [3.63, 3.8) is 0 Å². The number of hydrogen-bond donors (Lipinski definition) is 0. The maximum absolute atomic E-state index is 10.1. The molecule has 16 heavy (non-hydrogen) atoms. The summed E-state index contributed by atoms with van der Waals surface area (Å²) in [5, 5.41) is 0. The Morgan fingerprint density at radius 2 is 2.12 bits per heavy atom. The molecule has 84 valence electrons. The molecule has 0 saturated carbocycles. The van der Waals surface area contributed by atoms with E-state index < -0.39 is 0 Å². The summed E-state index contributed by atoms with van der Waals surface area (Å²) in [5.74, 6) is 2.40. The van der Waals surface area contributed by atoms with Gasteiger partial charge in [-0.05, 0) is 18.2 Å². The maximum atomic E-state index is 10.1. The molecule has 0 amide bonds. The molecule has 0 aromatic heterocycles. The summed E-state index contributed by atoms with van der Waals surface area (Å²) in [6.07, 6.45) is 4.99. The third kappa shape index (κ3) is 4.18. The van der Waals surface area contributed by atoms with Crippen LogP contribution >= 0.6 is 0 Å². The highest BCUT2D eigenvalue weighted by atomic mass is 16.5. The molecule has 0 aliphatic rings. The van der Waals surface area contributed by atoms with Gasteiger partial charge >= 0.3 is 0 Å². The van der Waals surface area contributed by atoms with Crippen molar-refractivity contribution in [2.75, 3.05) is 6.61 Å². The average Bonchev–Trinajstić information content (AvgIpc) is 2.33. The zero-order chi connectivity index (χ0) is 11.6. The Balaban J connectivity index is 2.64. The Morgan fingerprint density at radius 1 is 1.31 bits per heavy atom. The first-order valence-corrected chi connectivity index (χ1v) is 5.56. The molecule has 1 aromatic rings. The van der Waals surface area contributed by atoms with Gasteiger partial charge in [-0.2, -0.15) is 0 Å². The second-order valence-corrected chi connectivity index (χ2v) is 3.48. The van der Waals surface area contributed by atoms with E-state index in [9.17, 15) is 4.79 Å². The molecule has 0 heterocycles. The molecular formula is C14H16O2. The van der Waals surface area contributed by atoms with E-state index in [1.165, 1.54) is 12.8 Å². The minimum atomic E-state index is 0.712. The summed E-state index contributed by atoms with van der Waals surface area (Å²) in [6.45, 7) is 2.87. The van der Waals surface area contributed by atoms with E-state index in [-0.39, 0.29) is 0 Å². The number of hydrogen-bond acceptors (Lipinski definition) is 2. The Morgan fingerprint density at radius 3 is 2.88 bits per heavy atom. The molecule has 0 aliphatic carbocycles. The second-order valence-electron chi connectivity index (χ2n) is 3.48. The minimum Gasteiger partial charge on any atom is -0.493 e. The van der Waals surface area contributed by atoms with Gasteiger partial charge in [0.25, 0.3) is 0 Å². The zero-order valence-corrected chi connectivity index (χ0v) is 9.53. The summed E-state index contributed by atoms with van der Waals surface area (Å²) in [7, 11) is 0. The predicted molar refractivity (Wildman–Crippen MR) is 65.1 cm³/mol. The molecule has 1 rings (SSSR count). The number of benzene rings is 1. The Bertz CT molecular complexity index is 397. The largest absolute Gasteiger partial charge is 0.493 e. The van der Waals surface area contributed by atoms with E-state index in [1.54, 1.807) is 12.0 Å². The van der Waals surface area contributed by atoms with Crippen LogP contribution in [0.25, 0.3) is 6.08 Å². The lowest BCUT2D eigenvalue weighted by Gasteiger charge is -2.07. The predicted octanol–water partition coefficient (Wildman–Crippen LogP) is 3.26. The van der Waals surface area contributed by atoms with E-state index in [0.29, 0.717) is 6.61 Å². The van der Waals surface area contributed by atoms with Gasteiger partial charge in [-0.25, -0.2) is 4.79 Å². The topological polar surface area (TPSA) is 26.3 Å². The molecule has 0 aliphatic heterocycles. The Kier molecular flexibility index (Phi) is 5.80. The van der Waals surface area contributed by atoms with E-state index in [1.807, 2.05) is 24.3 Å². The number of para-hydroxylation sites is 1. The van der Waals surface area contributed by atoms with Gasteiger partial charge < -0.3 is 4.74 Å². The fourth-order valence-corrected chi connectivity index (χ4v) is 1.37. The minimum absolute atomic E-state index is 0.712. The SMILES string of the molecule is CCCCCOc1ccccc1C=C=C=O. The number of unbranched alkanes of at least 4 members (excludes halogenated alkanes) is 2.